The minimum absolute atomic E-state index is 0.0667. The van der Waals surface area contributed by atoms with Crippen molar-refractivity contribution >= 4 is 17.4 Å². The van der Waals surface area contributed by atoms with Crippen molar-refractivity contribution in [2.24, 2.45) is 5.92 Å². The van der Waals surface area contributed by atoms with E-state index >= 15 is 0 Å². The minimum Gasteiger partial charge on any atom is -0.496 e. The molecule has 4 rings (SSSR count). The number of carbonyl (C=O) groups excluding carboxylic acids is 1. The highest BCUT2D eigenvalue weighted by atomic mass is 16.5. The lowest BCUT2D eigenvalue weighted by atomic mass is 9.96. The Morgan fingerprint density at radius 1 is 1.06 bits per heavy atom. The van der Waals surface area contributed by atoms with E-state index in [0.717, 1.165) is 53.5 Å². The molecule has 1 saturated heterocycles. The summed E-state index contributed by atoms with van der Waals surface area (Å²) in [7, 11) is 1.65. The van der Waals surface area contributed by atoms with E-state index in [4.69, 9.17) is 4.74 Å². The van der Waals surface area contributed by atoms with Crippen molar-refractivity contribution in [1.82, 2.24) is 10.2 Å². The first-order chi connectivity index (χ1) is 15.1. The lowest BCUT2D eigenvalue weighted by Crippen LogP contribution is -2.41. The smallest absolute Gasteiger partial charge is 0.229 e. The van der Waals surface area contributed by atoms with Crippen molar-refractivity contribution < 1.29 is 9.53 Å². The SMILES string of the molecule is COc1ccccc1-c1ccc(N2CCCC(C(=O)Nc3cccc(C)c3C)C2)nn1. The Hall–Kier alpha value is -3.41. The second-order valence-corrected chi connectivity index (χ2v) is 8.00. The van der Waals surface area contributed by atoms with Gasteiger partial charge < -0.3 is 15.0 Å². The number of benzene rings is 2. The standard InChI is InChI=1S/C25H28N4O2/c1-17-8-6-11-21(18(17)2)26-25(30)19-9-7-15-29(16-19)24-14-13-22(27-28-24)20-10-4-5-12-23(20)31-3/h4-6,8,10-14,19H,7,9,15-16H2,1-3H3,(H,26,30). The zero-order valence-electron chi connectivity index (χ0n) is 18.3. The monoisotopic (exact) mass is 416 g/mol. The van der Waals surface area contributed by atoms with Gasteiger partial charge in [-0.2, -0.15) is 0 Å². The number of methoxy groups -OCH3 is 1. The van der Waals surface area contributed by atoms with Crippen LogP contribution in [0.2, 0.25) is 0 Å². The van der Waals surface area contributed by atoms with E-state index in [1.165, 1.54) is 5.56 Å². The molecule has 1 N–H and O–H groups in total. The van der Waals surface area contributed by atoms with Gasteiger partial charge in [-0.25, -0.2) is 0 Å². The van der Waals surface area contributed by atoms with Gasteiger partial charge in [0, 0.05) is 24.3 Å². The summed E-state index contributed by atoms with van der Waals surface area (Å²) in [5.74, 6) is 1.55. The lowest BCUT2D eigenvalue weighted by molar-refractivity contribution is -0.120. The lowest BCUT2D eigenvalue weighted by Gasteiger charge is -2.32. The Bertz CT molecular complexity index is 1070. The fourth-order valence-corrected chi connectivity index (χ4v) is 4.01. The average molecular weight is 417 g/mol. The molecule has 0 bridgehead atoms. The van der Waals surface area contributed by atoms with Crippen LogP contribution in [0.25, 0.3) is 11.3 Å². The van der Waals surface area contributed by atoms with Gasteiger partial charge in [0.2, 0.25) is 5.91 Å². The van der Waals surface area contributed by atoms with Crippen molar-refractivity contribution in [1.29, 1.82) is 0 Å². The Kier molecular flexibility index (Phi) is 6.16. The molecule has 0 aliphatic carbocycles. The van der Waals surface area contributed by atoms with Crippen molar-refractivity contribution in [3.8, 4) is 17.0 Å². The zero-order chi connectivity index (χ0) is 21.8. The second-order valence-electron chi connectivity index (χ2n) is 8.00. The molecule has 0 saturated carbocycles. The van der Waals surface area contributed by atoms with Gasteiger partial charge in [0.05, 0.1) is 18.7 Å². The van der Waals surface area contributed by atoms with Crippen LogP contribution in [0.15, 0.2) is 54.6 Å². The summed E-state index contributed by atoms with van der Waals surface area (Å²) in [6.45, 7) is 5.60. The normalized spacial score (nSPS) is 16.1. The molecule has 1 aromatic heterocycles. The van der Waals surface area contributed by atoms with Gasteiger partial charge in [0.15, 0.2) is 5.82 Å². The van der Waals surface area contributed by atoms with E-state index in [1.807, 2.05) is 55.5 Å². The predicted molar refractivity (Wildman–Crippen MR) is 124 cm³/mol. The molecule has 1 amide bonds. The highest BCUT2D eigenvalue weighted by Gasteiger charge is 2.27. The van der Waals surface area contributed by atoms with Crippen molar-refractivity contribution in [3.05, 3.63) is 65.7 Å². The van der Waals surface area contributed by atoms with Crippen molar-refractivity contribution in [2.45, 2.75) is 26.7 Å². The number of amides is 1. The molecule has 1 unspecified atom stereocenters. The van der Waals surface area contributed by atoms with Crippen LogP contribution in [0.1, 0.15) is 24.0 Å². The molecule has 1 atom stereocenters. The summed E-state index contributed by atoms with van der Waals surface area (Å²) in [6, 6.07) is 17.7. The molecular formula is C25H28N4O2. The fraction of sp³-hybridized carbons (Fsp3) is 0.320. The minimum atomic E-state index is -0.0793. The summed E-state index contributed by atoms with van der Waals surface area (Å²) in [4.78, 5) is 15.1. The van der Waals surface area contributed by atoms with Gasteiger partial charge in [0.1, 0.15) is 5.75 Å². The van der Waals surface area contributed by atoms with Crippen LogP contribution < -0.4 is 15.0 Å². The summed E-state index contributed by atoms with van der Waals surface area (Å²) in [5.41, 5.74) is 4.86. The number of anilines is 2. The van der Waals surface area contributed by atoms with Gasteiger partial charge in [-0.15, -0.1) is 10.2 Å². The van der Waals surface area contributed by atoms with E-state index in [9.17, 15) is 4.79 Å². The van der Waals surface area contributed by atoms with Crippen LogP contribution in [-0.2, 0) is 4.79 Å². The van der Waals surface area contributed by atoms with E-state index in [0.29, 0.717) is 6.54 Å². The number of carbonyl (C=O) groups is 1. The molecule has 0 spiro atoms. The molecule has 2 heterocycles. The van der Waals surface area contributed by atoms with E-state index in [1.54, 1.807) is 7.11 Å². The molecule has 1 fully saturated rings. The number of hydrogen-bond acceptors (Lipinski definition) is 5. The molecule has 0 radical (unpaired) electrons. The largest absolute Gasteiger partial charge is 0.496 e. The topological polar surface area (TPSA) is 67.3 Å². The van der Waals surface area contributed by atoms with Crippen LogP contribution in [0, 0.1) is 19.8 Å². The van der Waals surface area contributed by atoms with Crippen LogP contribution >= 0.6 is 0 Å². The highest BCUT2D eigenvalue weighted by Crippen LogP contribution is 2.29. The highest BCUT2D eigenvalue weighted by molar-refractivity contribution is 5.93. The van der Waals surface area contributed by atoms with Crippen LogP contribution in [0.4, 0.5) is 11.5 Å². The van der Waals surface area contributed by atoms with Crippen molar-refractivity contribution in [3.63, 3.8) is 0 Å². The molecule has 1 aliphatic rings. The quantitative estimate of drug-likeness (QED) is 0.657. The molecule has 2 aromatic carbocycles. The van der Waals surface area contributed by atoms with Crippen molar-refractivity contribution in [2.75, 3.05) is 30.4 Å². The first-order valence-electron chi connectivity index (χ1n) is 10.7. The number of piperidine rings is 1. The maximum atomic E-state index is 12.9. The summed E-state index contributed by atoms with van der Waals surface area (Å²) in [5, 5.41) is 12.0. The number of para-hydroxylation sites is 1. The Labute approximate surface area is 183 Å². The Morgan fingerprint density at radius 2 is 1.90 bits per heavy atom. The molecule has 1 aliphatic heterocycles. The van der Waals surface area contributed by atoms with E-state index in [2.05, 4.69) is 33.4 Å². The number of nitrogens with one attached hydrogen (secondary N) is 1. The van der Waals surface area contributed by atoms with Gasteiger partial charge >= 0.3 is 0 Å². The van der Waals surface area contributed by atoms with Gasteiger partial charge in [-0.3, -0.25) is 4.79 Å². The molecular weight excluding hydrogens is 388 g/mol. The van der Waals surface area contributed by atoms with Crippen LogP contribution in [-0.4, -0.2) is 36.3 Å². The van der Waals surface area contributed by atoms with Crippen LogP contribution in [0.3, 0.4) is 0 Å². The third kappa shape index (κ3) is 4.53. The molecule has 3 aromatic rings. The number of nitrogens with zero attached hydrogens (tertiary/aromatic N) is 3. The molecule has 6 heteroatoms. The van der Waals surface area contributed by atoms with Gasteiger partial charge in [-0.05, 0) is 68.1 Å². The second kappa shape index (κ2) is 9.16. The van der Waals surface area contributed by atoms with Crippen LogP contribution in [0.5, 0.6) is 5.75 Å². The number of hydrogen-bond donors (Lipinski definition) is 1. The van der Waals surface area contributed by atoms with E-state index in [-0.39, 0.29) is 11.8 Å². The van der Waals surface area contributed by atoms with Gasteiger partial charge in [0.25, 0.3) is 0 Å². The maximum absolute atomic E-state index is 12.9. The first-order valence-corrected chi connectivity index (χ1v) is 10.7. The number of aromatic nitrogens is 2. The molecule has 6 nitrogen and oxygen atoms in total. The Morgan fingerprint density at radius 3 is 2.68 bits per heavy atom. The zero-order valence-corrected chi connectivity index (χ0v) is 18.3. The van der Waals surface area contributed by atoms with Gasteiger partial charge in [-0.1, -0.05) is 24.3 Å². The molecule has 31 heavy (non-hydrogen) atoms. The summed E-state index contributed by atoms with van der Waals surface area (Å²) < 4.78 is 5.43. The predicted octanol–water partition coefficient (Wildman–Crippen LogP) is 4.62. The Balaban J connectivity index is 1.46. The number of ether oxygens (including phenoxy) is 1. The third-order valence-electron chi connectivity index (χ3n) is 6.01. The average Bonchev–Trinajstić information content (AvgIpc) is 2.82. The maximum Gasteiger partial charge on any atom is 0.229 e. The first kappa shape index (κ1) is 20.8. The van der Waals surface area contributed by atoms with E-state index < -0.39 is 0 Å². The number of aryl methyl sites for hydroxylation is 1. The molecule has 160 valence electrons. The summed E-state index contributed by atoms with van der Waals surface area (Å²) >= 11 is 0. The summed E-state index contributed by atoms with van der Waals surface area (Å²) in [6.07, 6.45) is 1.82. The fourth-order valence-electron chi connectivity index (χ4n) is 4.01. The third-order valence-corrected chi connectivity index (χ3v) is 6.01. The number of rotatable bonds is 5.